The van der Waals surface area contributed by atoms with Gasteiger partial charge in [-0.2, -0.15) is 0 Å². The predicted molar refractivity (Wildman–Crippen MR) is 87.2 cm³/mol. The first-order valence-corrected chi connectivity index (χ1v) is 7.91. The molecule has 8 heteroatoms. The summed E-state index contributed by atoms with van der Waals surface area (Å²) in [5, 5.41) is 10.7. The molecule has 124 valence electrons. The lowest BCUT2D eigenvalue weighted by atomic mass is 10.2. The van der Waals surface area contributed by atoms with Gasteiger partial charge in [-0.1, -0.05) is 11.3 Å². The Hall–Kier alpha value is -2.74. The van der Waals surface area contributed by atoms with Crippen molar-refractivity contribution in [1.29, 1.82) is 0 Å². The Morgan fingerprint density at radius 2 is 2.38 bits per heavy atom. The van der Waals surface area contributed by atoms with Gasteiger partial charge in [0.15, 0.2) is 11.2 Å². The summed E-state index contributed by atoms with van der Waals surface area (Å²) in [6.45, 7) is 3.07. The van der Waals surface area contributed by atoms with Gasteiger partial charge in [-0.3, -0.25) is 9.59 Å². The normalized spacial score (nSPS) is 17.6. The van der Waals surface area contributed by atoms with E-state index in [1.165, 1.54) is 4.52 Å². The van der Waals surface area contributed by atoms with Crippen LogP contribution in [0.1, 0.15) is 28.9 Å². The molecular formula is C16H17N5O3. The van der Waals surface area contributed by atoms with Crippen LogP contribution < -0.4 is 10.9 Å². The number of nitrogens with zero attached hydrogens (tertiary/aromatic N) is 3. The van der Waals surface area contributed by atoms with Gasteiger partial charge in [0.25, 0.3) is 11.5 Å². The molecule has 1 aromatic carbocycles. The van der Waals surface area contributed by atoms with Crippen molar-refractivity contribution in [2.45, 2.75) is 25.9 Å². The van der Waals surface area contributed by atoms with E-state index in [4.69, 9.17) is 4.74 Å². The number of rotatable bonds is 3. The fraction of sp³-hybridized carbons (Fsp3) is 0.375. The zero-order valence-corrected chi connectivity index (χ0v) is 13.2. The van der Waals surface area contributed by atoms with Crippen LogP contribution in [-0.2, 0) is 4.74 Å². The Bertz CT molecular complexity index is 984. The molecule has 4 rings (SSSR count). The smallest absolute Gasteiger partial charge is 0.277 e. The maximum absolute atomic E-state index is 12.4. The van der Waals surface area contributed by atoms with Gasteiger partial charge in [0, 0.05) is 13.2 Å². The van der Waals surface area contributed by atoms with Crippen LogP contribution in [0.5, 0.6) is 0 Å². The molecule has 0 spiro atoms. The van der Waals surface area contributed by atoms with Crippen LogP contribution in [-0.4, -0.2) is 45.0 Å². The van der Waals surface area contributed by atoms with Crippen molar-refractivity contribution in [3.8, 4) is 0 Å². The highest BCUT2D eigenvalue weighted by atomic mass is 16.5. The second-order valence-corrected chi connectivity index (χ2v) is 6.02. The summed E-state index contributed by atoms with van der Waals surface area (Å²) < 4.78 is 6.89. The monoisotopic (exact) mass is 327 g/mol. The fourth-order valence-corrected chi connectivity index (χ4v) is 3.02. The van der Waals surface area contributed by atoms with Crippen molar-refractivity contribution in [1.82, 2.24) is 25.1 Å². The SMILES string of the molecule is Cc1ccc2c(c1)[nH]c(=O)c1c(C(=O)NC[C@H]3CCCO3)nnn12. The lowest BCUT2D eigenvalue weighted by Crippen LogP contribution is -2.32. The zero-order valence-electron chi connectivity index (χ0n) is 13.2. The second-order valence-electron chi connectivity index (χ2n) is 6.02. The van der Waals surface area contributed by atoms with Crippen molar-refractivity contribution in [3.63, 3.8) is 0 Å². The molecule has 2 aromatic heterocycles. The molecule has 0 unspecified atom stereocenters. The Labute approximate surface area is 136 Å². The van der Waals surface area contributed by atoms with E-state index >= 15 is 0 Å². The van der Waals surface area contributed by atoms with Crippen LogP contribution in [0, 0.1) is 6.92 Å². The molecule has 3 heterocycles. The van der Waals surface area contributed by atoms with Crippen molar-refractivity contribution < 1.29 is 9.53 Å². The van der Waals surface area contributed by atoms with E-state index in [0.717, 1.165) is 25.0 Å². The molecule has 8 nitrogen and oxygen atoms in total. The maximum atomic E-state index is 12.4. The molecule has 1 aliphatic heterocycles. The lowest BCUT2D eigenvalue weighted by molar-refractivity contribution is 0.0855. The number of carbonyl (C=O) groups excluding carboxylic acids is 1. The highest BCUT2D eigenvalue weighted by Gasteiger charge is 2.22. The molecule has 0 bridgehead atoms. The number of benzene rings is 1. The molecule has 1 fully saturated rings. The number of ether oxygens (including phenoxy) is 1. The van der Waals surface area contributed by atoms with Gasteiger partial charge in [-0.05, 0) is 37.5 Å². The van der Waals surface area contributed by atoms with Gasteiger partial charge in [-0.15, -0.1) is 5.10 Å². The number of hydrogen-bond donors (Lipinski definition) is 2. The number of aromatic nitrogens is 4. The molecule has 0 radical (unpaired) electrons. The first-order valence-electron chi connectivity index (χ1n) is 7.91. The standard InChI is InChI=1S/C16H17N5O3/c1-9-4-5-12-11(7-9)18-16(23)14-13(19-20-21(12)14)15(22)17-8-10-3-2-6-24-10/h4-5,7,10H,2-3,6,8H2,1H3,(H,17,22)(H,18,23)/t10-/m1/s1. The van der Waals surface area contributed by atoms with Crippen LogP contribution in [0.2, 0.25) is 0 Å². The summed E-state index contributed by atoms with van der Waals surface area (Å²) in [6, 6.07) is 5.62. The molecule has 24 heavy (non-hydrogen) atoms. The maximum Gasteiger partial charge on any atom is 0.277 e. The van der Waals surface area contributed by atoms with E-state index in [2.05, 4.69) is 20.6 Å². The van der Waals surface area contributed by atoms with Gasteiger partial charge in [0.2, 0.25) is 0 Å². The van der Waals surface area contributed by atoms with Gasteiger partial charge < -0.3 is 15.0 Å². The van der Waals surface area contributed by atoms with Crippen molar-refractivity contribution in [2.75, 3.05) is 13.2 Å². The minimum Gasteiger partial charge on any atom is -0.376 e. The largest absolute Gasteiger partial charge is 0.376 e. The van der Waals surface area contributed by atoms with E-state index in [9.17, 15) is 9.59 Å². The van der Waals surface area contributed by atoms with Gasteiger partial charge in [-0.25, -0.2) is 4.52 Å². The van der Waals surface area contributed by atoms with E-state index in [1.54, 1.807) is 0 Å². The Balaban J connectivity index is 1.72. The lowest BCUT2D eigenvalue weighted by Gasteiger charge is -2.09. The zero-order chi connectivity index (χ0) is 16.7. The number of aromatic amines is 1. The molecule has 0 aliphatic carbocycles. The van der Waals surface area contributed by atoms with Crippen LogP contribution in [0.15, 0.2) is 23.0 Å². The number of fused-ring (bicyclic) bond motifs is 3. The molecule has 2 N–H and O–H groups in total. The van der Waals surface area contributed by atoms with Crippen molar-refractivity contribution in [2.24, 2.45) is 0 Å². The van der Waals surface area contributed by atoms with E-state index in [1.807, 2.05) is 25.1 Å². The average Bonchev–Trinajstić information content (AvgIpc) is 3.22. The Kier molecular flexibility index (Phi) is 3.53. The van der Waals surface area contributed by atoms with Crippen LogP contribution in [0.4, 0.5) is 0 Å². The average molecular weight is 327 g/mol. The van der Waals surface area contributed by atoms with E-state index in [-0.39, 0.29) is 22.9 Å². The van der Waals surface area contributed by atoms with Crippen molar-refractivity contribution >= 4 is 22.5 Å². The molecular weight excluding hydrogens is 310 g/mol. The summed E-state index contributed by atoms with van der Waals surface area (Å²) in [6.07, 6.45) is 1.95. The fourth-order valence-electron chi connectivity index (χ4n) is 3.02. The number of hydrogen-bond acceptors (Lipinski definition) is 5. The third-order valence-electron chi connectivity index (χ3n) is 4.24. The molecule has 1 amide bonds. The minimum atomic E-state index is -0.419. The topological polar surface area (TPSA) is 101 Å². The summed E-state index contributed by atoms with van der Waals surface area (Å²) in [5.74, 6) is -0.419. The van der Waals surface area contributed by atoms with Crippen LogP contribution >= 0.6 is 0 Å². The number of H-pyrrole nitrogens is 1. The number of carbonyl (C=O) groups is 1. The quantitative estimate of drug-likeness (QED) is 0.740. The van der Waals surface area contributed by atoms with Crippen molar-refractivity contribution in [3.05, 3.63) is 39.8 Å². The van der Waals surface area contributed by atoms with Gasteiger partial charge >= 0.3 is 0 Å². The minimum absolute atomic E-state index is 0.0247. The summed E-state index contributed by atoms with van der Waals surface area (Å²) >= 11 is 0. The number of amides is 1. The summed E-state index contributed by atoms with van der Waals surface area (Å²) in [4.78, 5) is 27.6. The Morgan fingerprint density at radius 1 is 1.50 bits per heavy atom. The first kappa shape index (κ1) is 14.8. The predicted octanol–water partition coefficient (Wildman–Crippen LogP) is 0.788. The molecule has 0 saturated carbocycles. The number of aryl methyl sites for hydroxylation is 1. The number of nitrogens with one attached hydrogen (secondary N) is 2. The first-order chi connectivity index (χ1) is 11.6. The molecule has 3 aromatic rings. The molecule has 1 atom stereocenters. The summed E-state index contributed by atoms with van der Waals surface area (Å²) in [7, 11) is 0. The van der Waals surface area contributed by atoms with E-state index < -0.39 is 5.91 Å². The third kappa shape index (κ3) is 2.44. The highest BCUT2D eigenvalue weighted by Crippen LogP contribution is 2.15. The molecule has 1 saturated heterocycles. The third-order valence-corrected chi connectivity index (χ3v) is 4.24. The molecule has 1 aliphatic rings. The van der Waals surface area contributed by atoms with Gasteiger partial charge in [0.1, 0.15) is 0 Å². The van der Waals surface area contributed by atoms with E-state index in [0.29, 0.717) is 17.6 Å². The summed E-state index contributed by atoms with van der Waals surface area (Å²) in [5.41, 5.74) is 2.16. The van der Waals surface area contributed by atoms with Crippen LogP contribution in [0.3, 0.4) is 0 Å². The van der Waals surface area contributed by atoms with Crippen LogP contribution in [0.25, 0.3) is 16.6 Å². The van der Waals surface area contributed by atoms with Gasteiger partial charge in [0.05, 0.1) is 17.1 Å². The highest BCUT2D eigenvalue weighted by molar-refractivity contribution is 5.99. The second kappa shape index (κ2) is 5.72. The Morgan fingerprint density at radius 3 is 3.17 bits per heavy atom.